The van der Waals surface area contributed by atoms with E-state index in [1.807, 2.05) is 37.3 Å². The summed E-state index contributed by atoms with van der Waals surface area (Å²) in [7, 11) is 1.57. The molecular weight excluding hydrogens is 364 g/mol. The van der Waals surface area contributed by atoms with E-state index in [1.165, 1.54) is 0 Å². The summed E-state index contributed by atoms with van der Waals surface area (Å²) in [4.78, 5) is 15.9. The Bertz CT molecular complexity index is 909. The van der Waals surface area contributed by atoms with Crippen molar-refractivity contribution in [1.29, 1.82) is 0 Å². The topological polar surface area (TPSA) is 83.1 Å². The van der Waals surface area contributed by atoms with Crippen LogP contribution in [-0.2, 0) is 4.79 Å². The van der Waals surface area contributed by atoms with Gasteiger partial charge in [0.1, 0.15) is 19.0 Å². The number of carbonyl (C=O) groups is 1. The van der Waals surface area contributed by atoms with E-state index in [9.17, 15) is 4.79 Å². The Hall–Kier alpha value is -2.93. The van der Waals surface area contributed by atoms with Crippen LogP contribution in [0.15, 0.2) is 52.4 Å². The predicted octanol–water partition coefficient (Wildman–Crippen LogP) is 3.39. The number of nitrogens with two attached hydrogens (primary N) is 1. The van der Waals surface area contributed by atoms with Gasteiger partial charge in [-0.25, -0.2) is 0 Å². The molecule has 1 aliphatic heterocycles. The van der Waals surface area contributed by atoms with E-state index in [-0.39, 0.29) is 11.1 Å². The first-order chi connectivity index (χ1) is 13.1. The average Bonchev–Trinajstić information content (AvgIpc) is 2.97. The largest absolute Gasteiger partial charge is 0.493 e. The van der Waals surface area contributed by atoms with Crippen LogP contribution >= 0.6 is 11.8 Å². The Labute approximate surface area is 162 Å². The minimum atomic E-state index is -0.329. The van der Waals surface area contributed by atoms with Gasteiger partial charge >= 0.3 is 0 Å². The van der Waals surface area contributed by atoms with Crippen molar-refractivity contribution in [3.05, 3.63) is 58.5 Å². The number of amides is 1. The standard InChI is InChI=1S/C20H20N2O4S/c1-13-5-3-4-6-15(13)25-9-10-26-16-8-7-14(11-17(16)24-2)12-18-19(23)22-20(21)27-18/h3-8,11-12H,9-10H2,1-2H3,(H2,21,22,23)/b18-12-. The Balaban J connectivity index is 1.60. The number of rotatable bonds is 7. The number of methoxy groups -OCH3 is 1. The van der Waals surface area contributed by atoms with Gasteiger partial charge in [0.05, 0.1) is 12.0 Å². The molecule has 0 spiro atoms. The highest BCUT2D eigenvalue weighted by atomic mass is 32.2. The van der Waals surface area contributed by atoms with E-state index in [4.69, 9.17) is 19.9 Å². The fourth-order valence-electron chi connectivity index (χ4n) is 2.49. The average molecular weight is 384 g/mol. The van der Waals surface area contributed by atoms with Gasteiger partial charge < -0.3 is 19.9 Å². The van der Waals surface area contributed by atoms with Gasteiger partial charge in [-0.05, 0) is 54.1 Å². The number of amidine groups is 1. The van der Waals surface area contributed by atoms with Gasteiger partial charge in [0.2, 0.25) is 0 Å². The van der Waals surface area contributed by atoms with Crippen LogP contribution in [0.3, 0.4) is 0 Å². The van der Waals surface area contributed by atoms with E-state index >= 15 is 0 Å². The molecule has 0 atom stereocenters. The SMILES string of the molecule is COc1cc(/C=C2\SC(N)=NC2=O)ccc1OCCOc1ccccc1C. The van der Waals surface area contributed by atoms with Crippen molar-refractivity contribution >= 4 is 28.9 Å². The number of nitrogens with zero attached hydrogens (tertiary/aromatic N) is 1. The molecule has 0 unspecified atom stereocenters. The summed E-state index contributed by atoms with van der Waals surface area (Å²) < 4.78 is 16.9. The Kier molecular flexibility index (Phi) is 6.03. The van der Waals surface area contributed by atoms with Crippen molar-refractivity contribution in [2.45, 2.75) is 6.92 Å². The van der Waals surface area contributed by atoms with Crippen molar-refractivity contribution in [2.75, 3.05) is 20.3 Å². The van der Waals surface area contributed by atoms with E-state index in [1.54, 1.807) is 25.3 Å². The minimum Gasteiger partial charge on any atom is -0.493 e. The molecule has 27 heavy (non-hydrogen) atoms. The predicted molar refractivity (Wildman–Crippen MR) is 107 cm³/mol. The zero-order chi connectivity index (χ0) is 19.2. The lowest BCUT2D eigenvalue weighted by molar-refractivity contribution is -0.113. The highest BCUT2D eigenvalue weighted by Crippen LogP contribution is 2.31. The van der Waals surface area contributed by atoms with E-state index in [0.29, 0.717) is 29.6 Å². The van der Waals surface area contributed by atoms with E-state index in [2.05, 4.69) is 4.99 Å². The highest BCUT2D eigenvalue weighted by Gasteiger charge is 2.19. The fourth-order valence-corrected chi connectivity index (χ4v) is 3.17. The molecule has 0 bridgehead atoms. The van der Waals surface area contributed by atoms with E-state index in [0.717, 1.165) is 28.6 Å². The zero-order valence-corrected chi connectivity index (χ0v) is 15.9. The fraction of sp³-hybridized carbons (Fsp3) is 0.200. The third-order valence-corrected chi connectivity index (χ3v) is 4.63. The summed E-state index contributed by atoms with van der Waals surface area (Å²) in [6.45, 7) is 2.80. The number of aliphatic imine (C=N–C) groups is 1. The van der Waals surface area contributed by atoms with Crippen LogP contribution in [0.5, 0.6) is 17.2 Å². The molecule has 0 aromatic heterocycles. The first-order valence-electron chi connectivity index (χ1n) is 8.34. The molecule has 0 radical (unpaired) electrons. The second-order valence-corrected chi connectivity index (χ2v) is 6.80. The van der Waals surface area contributed by atoms with Crippen LogP contribution in [0.25, 0.3) is 6.08 Å². The second kappa shape index (κ2) is 8.64. The number of thioether (sulfide) groups is 1. The van der Waals surface area contributed by atoms with Gasteiger partial charge in [0.25, 0.3) is 5.91 Å². The number of para-hydroxylation sites is 1. The molecule has 0 saturated carbocycles. The van der Waals surface area contributed by atoms with Gasteiger partial charge in [0, 0.05) is 0 Å². The Morgan fingerprint density at radius 2 is 1.81 bits per heavy atom. The maximum Gasteiger partial charge on any atom is 0.286 e. The number of benzene rings is 2. The van der Waals surface area contributed by atoms with Crippen molar-refractivity contribution in [1.82, 2.24) is 0 Å². The molecule has 1 heterocycles. The molecule has 2 N–H and O–H groups in total. The molecule has 2 aromatic carbocycles. The van der Waals surface area contributed by atoms with Crippen molar-refractivity contribution in [3.8, 4) is 17.2 Å². The molecule has 1 amide bonds. The van der Waals surface area contributed by atoms with Gasteiger partial charge in [-0.3, -0.25) is 4.79 Å². The van der Waals surface area contributed by atoms with Crippen LogP contribution in [0.2, 0.25) is 0 Å². The quantitative estimate of drug-likeness (QED) is 0.582. The summed E-state index contributed by atoms with van der Waals surface area (Å²) in [6, 6.07) is 13.3. The summed E-state index contributed by atoms with van der Waals surface area (Å²) in [5, 5.41) is 0.256. The highest BCUT2D eigenvalue weighted by molar-refractivity contribution is 8.18. The molecule has 1 aliphatic rings. The zero-order valence-electron chi connectivity index (χ0n) is 15.1. The van der Waals surface area contributed by atoms with Crippen LogP contribution in [-0.4, -0.2) is 31.4 Å². The summed E-state index contributed by atoms with van der Waals surface area (Å²) in [5.74, 6) is 1.69. The van der Waals surface area contributed by atoms with Crippen LogP contribution in [0.1, 0.15) is 11.1 Å². The molecule has 0 aliphatic carbocycles. The maximum atomic E-state index is 11.7. The molecule has 0 fully saturated rings. The minimum absolute atomic E-state index is 0.256. The molecular formula is C20H20N2O4S. The number of carbonyl (C=O) groups excluding carboxylic acids is 1. The van der Waals surface area contributed by atoms with Gasteiger partial charge in [0.15, 0.2) is 16.7 Å². The smallest absolute Gasteiger partial charge is 0.286 e. The molecule has 140 valence electrons. The van der Waals surface area contributed by atoms with Crippen molar-refractivity contribution < 1.29 is 19.0 Å². The summed E-state index contributed by atoms with van der Waals surface area (Å²) in [6.07, 6.45) is 1.73. The Morgan fingerprint density at radius 1 is 1.07 bits per heavy atom. The third-order valence-electron chi connectivity index (χ3n) is 3.81. The monoisotopic (exact) mass is 384 g/mol. The van der Waals surface area contributed by atoms with Gasteiger partial charge in [-0.2, -0.15) is 4.99 Å². The number of hydrogen-bond donors (Lipinski definition) is 1. The number of aryl methyl sites for hydroxylation is 1. The van der Waals surface area contributed by atoms with Crippen molar-refractivity contribution in [3.63, 3.8) is 0 Å². The van der Waals surface area contributed by atoms with Crippen molar-refractivity contribution in [2.24, 2.45) is 10.7 Å². The molecule has 7 heteroatoms. The molecule has 3 rings (SSSR count). The lowest BCUT2D eigenvalue weighted by atomic mass is 10.2. The first kappa shape index (κ1) is 18.8. The lowest BCUT2D eigenvalue weighted by Gasteiger charge is -2.13. The first-order valence-corrected chi connectivity index (χ1v) is 9.16. The normalized spacial score (nSPS) is 15.0. The van der Waals surface area contributed by atoms with Crippen LogP contribution in [0.4, 0.5) is 0 Å². The maximum absolute atomic E-state index is 11.7. The second-order valence-electron chi connectivity index (χ2n) is 5.74. The lowest BCUT2D eigenvalue weighted by Crippen LogP contribution is -2.10. The molecule has 0 saturated heterocycles. The van der Waals surface area contributed by atoms with Gasteiger partial charge in [-0.1, -0.05) is 24.3 Å². The van der Waals surface area contributed by atoms with Crippen LogP contribution < -0.4 is 19.9 Å². The Morgan fingerprint density at radius 3 is 2.48 bits per heavy atom. The van der Waals surface area contributed by atoms with Crippen LogP contribution in [0, 0.1) is 6.92 Å². The van der Waals surface area contributed by atoms with E-state index < -0.39 is 0 Å². The molecule has 2 aromatic rings. The summed E-state index contributed by atoms with van der Waals surface area (Å²) >= 11 is 1.15. The summed E-state index contributed by atoms with van der Waals surface area (Å²) in [5.41, 5.74) is 7.45. The molecule has 6 nitrogen and oxygen atoms in total. The third kappa shape index (κ3) is 4.83. The number of ether oxygens (including phenoxy) is 3. The number of hydrogen-bond acceptors (Lipinski definition) is 6. The van der Waals surface area contributed by atoms with Gasteiger partial charge in [-0.15, -0.1) is 0 Å².